The number of hydrogen-bond donors (Lipinski definition) is 1. The molecule has 0 heterocycles. The van der Waals surface area contributed by atoms with Crippen LogP contribution in [0.4, 0.5) is 5.69 Å². The molecule has 1 N–H and O–H groups in total. The first-order chi connectivity index (χ1) is 20.5. The molecule has 0 spiro atoms. The molecule has 0 bridgehead atoms. The minimum atomic E-state index is -0.526. The Bertz CT molecular complexity index is 1770. The van der Waals surface area contributed by atoms with Crippen LogP contribution in [0.5, 0.6) is 17.2 Å². The normalized spacial score (nSPS) is 11.0. The minimum absolute atomic E-state index is 0.0576. The summed E-state index contributed by atoms with van der Waals surface area (Å²) >= 11 is 3.57. The van der Waals surface area contributed by atoms with Gasteiger partial charge in [0.15, 0.2) is 11.5 Å². The van der Waals surface area contributed by atoms with Crippen molar-refractivity contribution in [3.8, 4) is 23.3 Å². The van der Waals surface area contributed by atoms with E-state index in [-0.39, 0.29) is 5.57 Å². The molecule has 7 heteroatoms. The van der Waals surface area contributed by atoms with Crippen LogP contribution in [0.2, 0.25) is 0 Å². The molecular weight excluding hydrogens is 592 g/mol. The van der Waals surface area contributed by atoms with Gasteiger partial charge in [-0.15, -0.1) is 0 Å². The van der Waals surface area contributed by atoms with Crippen molar-refractivity contribution < 1.29 is 19.0 Å². The second kappa shape index (κ2) is 13.5. The summed E-state index contributed by atoms with van der Waals surface area (Å²) in [6.45, 7) is 0.785. The zero-order chi connectivity index (χ0) is 29.3. The highest BCUT2D eigenvalue weighted by Gasteiger charge is 2.15. The number of halogens is 1. The lowest BCUT2D eigenvalue weighted by atomic mass is 10.1. The number of anilines is 1. The fourth-order valence-corrected chi connectivity index (χ4v) is 4.99. The number of carbonyl (C=O) groups excluding carboxylic acids is 1. The molecule has 6 nitrogen and oxygen atoms in total. The molecule has 0 aliphatic carbocycles. The molecule has 0 saturated carbocycles. The number of methoxy groups -OCH3 is 1. The molecule has 0 aromatic heterocycles. The first-order valence-corrected chi connectivity index (χ1v) is 14.0. The van der Waals surface area contributed by atoms with Gasteiger partial charge < -0.3 is 19.5 Å². The number of nitrogens with zero attached hydrogens (tertiary/aromatic N) is 1. The minimum Gasteiger partial charge on any atom is -0.493 e. The van der Waals surface area contributed by atoms with Crippen molar-refractivity contribution in [2.75, 3.05) is 12.4 Å². The average Bonchev–Trinajstić information content (AvgIpc) is 3.03. The SMILES string of the molecule is COc1cc(/C=C(\C#N)C(=O)Nc2ccc(OCc3ccccc3)cc2)cc(Br)c1OCc1cccc2ccccc12. The van der Waals surface area contributed by atoms with Crippen molar-refractivity contribution in [1.29, 1.82) is 5.26 Å². The van der Waals surface area contributed by atoms with E-state index in [0.717, 1.165) is 21.9 Å². The predicted molar refractivity (Wildman–Crippen MR) is 168 cm³/mol. The lowest BCUT2D eigenvalue weighted by Crippen LogP contribution is -2.13. The highest BCUT2D eigenvalue weighted by atomic mass is 79.9. The van der Waals surface area contributed by atoms with Crippen molar-refractivity contribution in [2.24, 2.45) is 0 Å². The smallest absolute Gasteiger partial charge is 0.266 e. The highest BCUT2D eigenvalue weighted by molar-refractivity contribution is 9.10. The maximum absolute atomic E-state index is 12.9. The number of nitrogens with one attached hydrogen (secondary N) is 1. The number of ether oxygens (including phenoxy) is 3. The fourth-order valence-electron chi connectivity index (χ4n) is 4.42. The summed E-state index contributed by atoms with van der Waals surface area (Å²) in [4.78, 5) is 12.9. The molecular formula is C35H27BrN2O4. The molecule has 0 saturated heterocycles. The quantitative estimate of drug-likeness (QED) is 0.126. The number of amides is 1. The average molecular weight is 620 g/mol. The Hall–Kier alpha value is -5.06. The lowest BCUT2D eigenvalue weighted by Gasteiger charge is -2.15. The molecule has 5 aromatic rings. The third-order valence-corrected chi connectivity index (χ3v) is 7.13. The van der Waals surface area contributed by atoms with E-state index in [1.807, 2.05) is 60.7 Å². The van der Waals surface area contributed by atoms with Gasteiger partial charge in [0, 0.05) is 5.69 Å². The van der Waals surface area contributed by atoms with Gasteiger partial charge in [-0.05, 0) is 85.9 Å². The standard InChI is InChI=1S/C35H27BrN2O4/c1-40-33-20-25(19-32(36)34(33)42-23-27-12-7-11-26-10-5-6-13-31(26)27)18-28(21-37)35(39)38-29-14-16-30(17-15-29)41-22-24-8-3-2-4-9-24/h2-20H,22-23H2,1H3,(H,38,39)/b28-18+. The van der Waals surface area contributed by atoms with E-state index in [2.05, 4.69) is 39.4 Å². The summed E-state index contributed by atoms with van der Waals surface area (Å²) in [7, 11) is 1.55. The highest BCUT2D eigenvalue weighted by Crippen LogP contribution is 2.38. The van der Waals surface area contributed by atoms with E-state index < -0.39 is 5.91 Å². The van der Waals surface area contributed by atoms with Gasteiger partial charge >= 0.3 is 0 Å². The van der Waals surface area contributed by atoms with Gasteiger partial charge in [-0.1, -0.05) is 72.8 Å². The van der Waals surface area contributed by atoms with Gasteiger partial charge in [0.1, 0.15) is 30.6 Å². The summed E-state index contributed by atoms with van der Waals surface area (Å²) in [6, 6.07) is 36.6. The largest absolute Gasteiger partial charge is 0.493 e. The van der Waals surface area contributed by atoms with Crippen LogP contribution in [0, 0.1) is 11.3 Å². The van der Waals surface area contributed by atoms with Crippen LogP contribution in [0.15, 0.2) is 119 Å². The molecule has 208 valence electrons. The zero-order valence-corrected chi connectivity index (χ0v) is 24.4. The van der Waals surface area contributed by atoms with Crippen LogP contribution in [0.1, 0.15) is 16.7 Å². The van der Waals surface area contributed by atoms with E-state index in [0.29, 0.717) is 46.2 Å². The molecule has 5 rings (SSSR count). The van der Waals surface area contributed by atoms with Gasteiger partial charge in [0.05, 0.1) is 11.6 Å². The molecule has 0 unspecified atom stereocenters. The van der Waals surface area contributed by atoms with Gasteiger partial charge in [-0.2, -0.15) is 5.26 Å². The van der Waals surface area contributed by atoms with Crippen molar-refractivity contribution in [3.05, 3.63) is 136 Å². The molecule has 0 radical (unpaired) electrons. The van der Waals surface area contributed by atoms with Gasteiger partial charge in [0.2, 0.25) is 0 Å². The Morgan fingerprint density at radius 1 is 0.881 bits per heavy atom. The zero-order valence-electron chi connectivity index (χ0n) is 22.8. The number of nitriles is 1. The first kappa shape index (κ1) is 28.5. The van der Waals surface area contributed by atoms with Crippen LogP contribution >= 0.6 is 15.9 Å². The van der Waals surface area contributed by atoms with E-state index >= 15 is 0 Å². The van der Waals surface area contributed by atoms with Crippen LogP contribution in [-0.4, -0.2) is 13.0 Å². The summed E-state index contributed by atoms with van der Waals surface area (Å²) in [5.74, 6) is 1.15. The predicted octanol–water partition coefficient (Wildman–Crippen LogP) is 8.31. The molecule has 0 atom stereocenters. The maximum Gasteiger partial charge on any atom is 0.266 e. The monoisotopic (exact) mass is 618 g/mol. The second-order valence-corrected chi connectivity index (χ2v) is 10.2. The summed E-state index contributed by atoms with van der Waals surface area (Å²) < 4.78 is 18.2. The number of benzene rings is 5. The third kappa shape index (κ3) is 6.98. The van der Waals surface area contributed by atoms with E-state index in [9.17, 15) is 10.1 Å². The Kier molecular flexibility index (Phi) is 9.17. The molecule has 0 aliphatic heterocycles. The van der Waals surface area contributed by atoms with Crippen molar-refractivity contribution in [3.63, 3.8) is 0 Å². The fraction of sp³-hybridized carbons (Fsp3) is 0.0857. The van der Waals surface area contributed by atoms with Gasteiger partial charge in [-0.25, -0.2) is 0 Å². The van der Waals surface area contributed by atoms with Gasteiger partial charge in [0.25, 0.3) is 5.91 Å². The molecule has 0 aliphatic rings. The summed E-state index contributed by atoms with van der Waals surface area (Å²) in [6.07, 6.45) is 1.51. The van der Waals surface area contributed by atoms with E-state index in [1.165, 1.54) is 6.08 Å². The van der Waals surface area contributed by atoms with Crippen molar-refractivity contribution in [2.45, 2.75) is 13.2 Å². The van der Waals surface area contributed by atoms with Crippen LogP contribution in [0.3, 0.4) is 0 Å². The number of carbonyl (C=O) groups is 1. The maximum atomic E-state index is 12.9. The number of rotatable bonds is 10. The molecule has 0 fully saturated rings. The van der Waals surface area contributed by atoms with Crippen LogP contribution in [-0.2, 0) is 18.0 Å². The van der Waals surface area contributed by atoms with Crippen molar-refractivity contribution in [1.82, 2.24) is 0 Å². The Morgan fingerprint density at radius 3 is 2.38 bits per heavy atom. The molecule has 5 aromatic carbocycles. The number of fused-ring (bicyclic) bond motifs is 1. The Labute approximate surface area is 252 Å². The lowest BCUT2D eigenvalue weighted by molar-refractivity contribution is -0.112. The first-order valence-electron chi connectivity index (χ1n) is 13.2. The third-order valence-electron chi connectivity index (χ3n) is 6.54. The van der Waals surface area contributed by atoms with Crippen LogP contribution < -0.4 is 19.5 Å². The summed E-state index contributed by atoms with van der Waals surface area (Å²) in [5, 5.41) is 14.8. The Balaban J connectivity index is 1.26. The topological polar surface area (TPSA) is 80.6 Å². The van der Waals surface area contributed by atoms with Crippen LogP contribution in [0.25, 0.3) is 16.8 Å². The second-order valence-electron chi connectivity index (χ2n) is 9.38. The van der Waals surface area contributed by atoms with Crippen molar-refractivity contribution >= 4 is 44.4 Å². The molecule has 1 amide bonds. The summed E-state index contributed by atoms with van der Waals surface area (Å²) in [5.41, 5.74) is 3.20. The van der Waals surface area contributed by atoms with E-state index in [1.54, 1.807) is 43.5 Å². The number of hydrogen-bond acceptors (Lipinski definition) is 5. The molecule has 42 heavy (non-hydrogen) atoms. The van der Waals surface area contributed by atoms with E-state index in [4.69, 9.17) is 14.2 Å². The Morgan fingerprint density at radius 2 is 1.62 bits per heavy atom. The van der Waals surface area contributed by atoms with Gasteiger partial charge in [-0.3, -0.25) is 4.79 Å².